The van der Waals surface area contributed by atoms with Gasteiger partial charge in [0, 0.05) is 17.8 Å². The summed E-state index contributed by atoms with van der Waals surface area (Å²) in [5.41, 5.74) is -0.242. The van der Waals surface area contributed by atoms with Crippen molar-refractivity contribution in [2.75, 3.05) is 0 Å². The van der Waals surface area contributed by atoms with Crippen LogP contribution in [0.1, 0.15) is 5.56 Å². The third-order valence-electron chi connectivity index (χ3n) is 2.38. The molecule has 6 heteroatoms. The van der Waals surface area contributed by atoms with E-state index in [0.717, 1.165) is 12.1 Å². The molecule has 0 fully saturated rings. The van der Waals surface area contributed by atoms with Gasteiger partial charge in [0.25, 0.3) is 0 Å². The van der Waals surface area contributed by atoms with Gasteiger partial charge in [0.15, 0.2) is 0 Å². The highest BCUT2D eigenvalue weighted by Gasteiger charge is 2.13. The van der Waals surface area contributed by atoms with Crippen LogP contribution < -0.4 is 0 Å². The fourth-order valence-electron chi connectivity index (χ4n) is 1.45. The minimum atomic E-state index is -0.935. The standard InChI is InChI=1S/C13H8F2N2O2/c14-11-4-2-1-3-9(11)8-16-10-5-6-12(15)13(7-10)17(18)19/h1-8H. The van der Waals surface area contributed by atoms with E-state index in [4.69, 9.17) is 0 Å². The number of aliphatic imine (C=N–C) groups is 1. The van der Waals surface area contributed by atoms with Crippen molar-refractivity contribution in [3.63, 3.8) is 0 Å². The average molecular weight is 262 g/mol. The van der Waals surface area contributed by atoms with Gasteiger partial charge in [-0.05, 0) is 18.2 Å². The van der Waals surface area contributed by atoms with E-state index in [1.165, 1.54) is 30.5 Å². The maximum absolute atomic E-state index is 13.3. The van der Waals surface area contributed by atoms with Crippen molar-refractivity contribution in [2.45, 2.75) is 0 Å². The van der Waals surface area contributed by atoms with Gasteiger partial charge in [0.1, 0.15) is 5.82 Å². The molecule has 96 valence electrons. The van der Waals surface area contributed by atoms with Gasteiger partial charge in [-0.25, -0.2) is 4.39 Å². The summed E-state index contributed by atoms with van der Waals surface area (Å²) in [7, 11) is 0. The second-order valence-corrected chi connectivity index (χ2v) is 3.67. The lowest BCUT2D eigenvalue weighted by molar-refractivity contribution is -0.387. The second-order valence-electron chi connectivity index (χ2n) is 3.67. The number of halogens is 2. The molecule has 0 N–H and O–H groups in total. The van der Waals surface area contributed by atoms with E-state index in [9.17, 15) is 18.9 Å². The van der Waals surface area contributed by atoms with Gasteiger partial charge in [-0.15, -0.1) is 0 Å². The van der Waals surface area contributed by atoms with Crippen LogP contribution in [0.25, 0.3) is 0 Å². The van der Waals surface area contributed by atoms with Crippen LogP contribution >= 0.6 is 0 Å². The minimum absolute atomic E-state index is 0.177. The van der Waals surface area contributed by atoms with Crippen molar-refractivity contribution in [3.8, 4) is 0 Å². The number of benzene rings is 2. The third-order valence-corrected chi connectivity index (χ3v) is 2.38. The molecule has 0 aliphatic rings. The van der Waals surface area contributed by atoms with E-state index in [2.05, 4.69) is 4.99 Å². The Morgan fingerprint density at radius 1 is 1.11 bits per heavy atom. The molecule has 0 saturated heterocycles. The van der Waals surface area contributed by atoms with Crippen molar-refractivity contribution in [3.05, 3.63) is 69.8 Å². The van der Waals surface area contributed by atoms with Crippen LogP contribution in [-0.4, -0.2) is 11.1 Å². The summed E-state index contributed by atoms with van der Waals surface area (Å²) in [5, 5.41) is 10.6. The predicted molar refractivity (Wildman–Crippen MR) is 66.7 cm³/mol. The van der Waals surface area contributed by atoms with Gasteiger partial charge in [0.05, 0.1) is 10.6 Å². The quantitative estimate of drug-likeness (QED) is 0.482. The lowest BCUT2D eigenvalue weighted by Gasteiger charge is -1.97. The number of hydrogen-bond donors (Lipinski definition) is 0. The van der Waals surface area contributed by atoms with Gasteiger partial charge in [-0.3, -0.25) is 15.1 Å². The molecule has 0 atom stereocenters. The van der Waals surface area contributed by atoms with E-state index in [1.54, 1.807) is 6.07 Å². The summed E-state index contributed by atoms with van der Waals surface area (Å²) >= 11 is 0. The monoisotopic (exact) mass is 262 g/mol. The molecular formula is C13H8F2N2O2. The molecule has 0 amide bonds. The zero-order chi connectivity index (χ0) is 13.8. The highest BCUT2D eigenvalue weighted by Crippen LogP contribution is 2.23. The number of nitro groups is 1. The van der Waals surface area contributed by atoms with Crippen LogP contribution in [0.2, 0.25) is 0 Å². The first kappa shape index (κ1) is 12.8. The average Bonchev–Trinajstić information content (AvgIpc) is 2.39. The molecule has 0 radical (unpaired) electrons. The predicted octanol–water partition coefficient (Wildman–Crippen LogP) is 3.62. The van der Waals surface area contributed by atoms with Crippen molar-refractivity contribution in [2.24, 2.45) is 4.99 Å². The zero-order valence-electron chi connectivity index (χ0n) is 9.59. The van der Waals surface area contributed by atoms with Crippen LogP contribution in [0.15, 0.2) is 47.5 Å². The van der Waals surface area contributed by atoms with E-state index in [0.29, 0.717) is 0 Å². The molecule has 0 aromatic heterocycles. The molecule has 0 aliphatic heterocycles. The second kappa shape index (κ2) is 5.34. The van der Waals surface area contributed by atoms with Crippen LogP contribution in [-0.2, 0) is 0 Å². The Labute approximate surface area is 107 Å². The fraction of sp³-hybridized carbons (Fsp3) is 0. The van der Waals surface area contributed by atoms with Crippen LogP contribution in [0.4, 0.5) is 20.2 Å². The Bertz CT molecular complexity index is 657. The summed E-state index contributed by atoms with van der Waals surface area (Å²) in [6.45, 7) is 0. The van der Waals surface area contributed by atoms with Gasteiger partial charge in [-0.1, -0.05) is 18.2 Å². The van der Waals surface area contributed by atoms with Crippen LogP contribution in [0.5, 0.6) is 0 Å². The minimum Gasteiger partial charge on any atom is -0.258 e. The summed E-state index contributed by atoms with van der Waals surface area (Å²) in [6.07, 6.45) is 1.23. The Kier molecular flexibility index (Phi) is 3.61. The molecule has 0 unspecified atom stereocenters. The van der Waals surface area contributed by atoms with Crippen molar-refractivity contribution in [1.82, 2.24) is 0 Å². The molecular weight excluding hydrogens is 254 g/mol. The molecule has 4 nitrogen and oxygen atoms in total. The largest absolute Gasteiger partial charge is 0.306 e. The van der Waals surface area contributed by atoms with Crippen molar-refractivity contribution in [1.29, 1.82) is 0 Å². The maximum atomic E-state index is 13.3. The highest BCUT2D eigenvalue weighted by molar-refractivity contribution is 5.82. The summed E-state index contributed by atoms with van der Waals surface area (Å²) in [6, 6.07) is 9.18. The van der Waals surface area contributed by atoms with Crippen molar-refractivity contribution < 1.29 is 13.7 Å². The summed E-state index contributed by atoms with van der Waals surface area (Å²) in [4.78, 5) is 13.6. The number of rotatable bonds is 3. The van der Waals surface area contributed by atoms with E-state index in [1.807, 2.05) is 0 Å². The lowest BCUT2D eigenvalue weighted by atomic mass is 10.2. The van der Waals surface area contributed by atoms with Crippen LogP contribution in [0.3, 0.4) is 0 Å². The SMILES string of the molecule is O=[N+]([O-])c1cc(N=Cc2ccccc2F)ccc1F. The van der Waals surface area contributed by atoms with Gasteiger partial charge in [-0.2, -0.15) is 4.39 Å². The topological polar surface area (TPSA) is 55.5 Å². The molecule has 0 spiro atoms. The Hall–Kier alpha value is -2.63. The molecule has 2 aromatic carbocycles. The Morgan fingerprint density at radius 2 is 1.84 bits per heavy atom. The fourth-order valence-corrected chi connectivity index (χ4v) is 1.45. The zero-order valence-corrected chi connectivity index (χ0v) is 9.59. The van der Waals surface area contributed by atoms with E-state index >= 15 is 0 Å². The number of hydrogen-bond acceptors (Lipinski definition) is 3. The highest BCUT2D eigenvalue weighted by atomic mass is 19.1. The molecule has 0 heterocycles. The summed E-state index contributed by atoms with van der Waals surface area (Å²) in [5.74, 6) is -1.39. The first-order valence-corrected chi connectivity index (χ1v) is 5.30. The van der Waals surface area contributed by atoms with Crippen LogP contribution in [0, 0.1) is 21.7 Å². The molecule has 19 heavy (non-hydrogen) atoms. The first-order chi connectivity index (χ1) is 9.08. The normalized spacial score (nSPS) is 10.8. The third kappa shape index (κ3) is 2.98. The molecule has 2 aromatic rings. The van der Waals surface area contributed by atoms with E-state index in [-0.39, 0.29) is 11.3 Å². The number of nitro benzene ring substituents is 1. The smallest absolute Gasteiger partial charge is 0.258 e. The molecule has 0 aliphatic carbocycles. The van der Waals surface area contributed by atoms with Gasteiger partial charge in [0.2, 0.25) is 5.82 Å². The van der Waals surface area contributed by atoms with Crippen molar-refractivity contribution >= 4 is 17.6 Å². The first-order valence-electron chi connectivity index (χ1n) is 5.30. The van der Waals surface area contributed by atoms with Gasteiger partial charge < -0.3 is 0 Å². The molecule has 0 bridgehead atoms. The lowest BCUT2D eigenvalue weighted by Crippen LogP contribution is -1.91. The number of nitrogens with zero attached hydrogens (tertiary/aromatic N) is 2. The summed E-state index contributed by atoms with van der Waals surface area (Å²) < 4.78 is 26.4. The maximum Gasteiger partial charge on any atom is 0.306 e. The van der Waals surface area contributed by atoms with E-state index < -0.39 is 22.2 Å². The molecule has 0 saturated carbocycles. The van der Waals surface area contributed by atoms with Gasteiger partial charge >= 0.3 is 5.69 Å². The molecule has 2 rings (SSSR count). The Balaban J connectivity index is 2.32. The Morgan fingerprint density at radius 3 is 2.53 bits per heavy atom.